The highest BCUT2D eigenvalue weighted by Gasteiger charge is 2.06. The van der Waals surface area contributed by atoms with Crippen molar-refractivity contribution in [3.8, 4) is 5.88 Å². The number of nitrogens with one attached hydrogen (secondary N) is 1. The molecule has 0 unspecified atom stereocenters. The van der Waals surface area contributed by atoms with Crippen LogP contribution in [0.1, 0.15) is 11.3 Å². The summed E-state index contributed by atoms with van der Waals surface area (Å²) in [6.45, 7) is 2.73. The zero-order chi connectivity index (χ0) is 14.2. The Morgan fingerprint density at radius 1 is 1.35 bits per heavy atom. The molecule has 0 bridgehead atoms. The smallest absolute Gasteiger partial charge is 0.218 e. The van der Waals surface area contributed by atoms with Crippen LogP contribution in [0.2, 0.25) is 0 Å². The quantitative estimate of drug-likeness (QED) is 0.707. The Labute approximate surface area is 117 Å². The molecule has 0 aromatic carbocycles. The minimum Gasteiger partial charge on any atom is -0.481 e. The summed E-state index contributed by atoms with van der Waals surface area (Å²) in [4.78, 5) is 4.16. The van der Waals surface area contributed by atoms with E-state index >= 15 is 0 Å². The van der Waals surface area contributed by atoms with Crippen LogP contribution in [0.3, 0.4) is 0 Å². The first-order chi connectivity index (χ1) is 9.83. The van der Waals surface area contributed by atoms with Crippen LogP contribution < -0.4 is 10.1 Å². The molecular weight excluding hydrogens is 258 g/mol. The Kier molecular flexibility index (Phi) is 5.45. The molecule has 2 rings (SSSR count). The number of methoxy groups -OCH3 is 2. The molecule has 0 radical (unpaired) electrons. The van der Waals surface area contributed by atoms with Crippen molar-refractivity contribution in [1.82, 2.24) is 25.3 Å². The first-order valence-corrected chi connectivity index (χ1v) is 6.40. The van der Waals surface area contributed by atoms with E-state index in [4.69, 9.17) is 9.47 Å². The summed E-state index contributed by atoms with van der Waals surface area (Å²) in [6, 6.07) is 3.84. The topological polar surface area (TPSA) is 74.1 Å². The normalized spacial score (nSPS) is 10.7. The highest BCUT2D eigenvalue weighted by atomic mass is 16.5. The summed E-state index contributed by atoms with van der Waals surface area (Å²) in [5.74, 6) is 0.614. The van der Waals surface area contributed by atoms with Crippen molar-refractivity contribution in [2.24, 2.45) is 0 Å². The highest BCUT2D eigenvalue weighted by molar-refractivity contribution is 5.25. The fourth-order valence-electron chi connectivity index (χ4n) is 1.79. The Morgan fingerprint density at radius 3 is 3.05 bits per heavy atom. The molecule has 2 aromatic heterocycles. The summed E-state index contributed by atoms with van der Waals surface area (Å²) in [5.41, 5.74) is 1.86. The predicted molar refractivity (Wildman–Crippen MR) is 73.5 cm³/mol. The lowest BCUT2D eigenvalue weighted by atomic mass is 10.3. The molecule has 0 spiro atoms. The summed E-state index contributed by atoms with van der Waals surface area (Å²) in [7, 11) is 3.29. The third-order valence-electron chi connectivity index (χ3n) is 2.75. The molecule has 0 saturated heterocycles. The van der Waals surface area contributed by atoms with Gasteiger partial charge in [-0.3, -0.25) is 0 Å². The van der Waals surface area contributed by atoms with Crippen LogP contribution in [0.15, 0.2) is 24.5 Å². The second kappa shape index (κ2) is 7.56. The maximum absolute atomic E-state index is 5.22. The van der Waals surface area contributed by atoms with Crippen molar-refractivity contribution in [2.45, 2.75) is 13.1 Å². The number of rotatable bonds is 8. The molecule has 0 atom stereocenters. The van der Waals surface area contributed by atoms with Crippen LogP contribution >= 0.6 is 0 Å². The van der Waals surface area contributed by atoms with E-state index in [1.165, 1.54) is 0 Å². The lowest BCUT2D eigenvalue weighted by Crippen LogP contribution is -2.18. The van der Waals surface area contributed by atoms with E-state index in [1.54, 1.807) is 25.1 Å². The number of aromatic nitrogens is 4. The van der Waals surface area contributed by atoms with E-state index in [1.807, 2.05) is 18.3 Å². The summed E-state index contributed by atoms with van der Waals surface area (Å²) >= 11 is 0. The summed E-state index contributed by atoms with van der Waals surface area (Å²) in [5, 5.41) is 11.4. The van der Waals surface area contributed by atoms with Crippen LogP contribution in [-0.2, 0) is 17.8 Å². The van der Waals surface area contributed by atoms with Gasteiger partial charge in [0.15, 0.2) is 0 Å². The molecule has 108 valence electrons. The minimum absolute atomic E-state index is 0.585. The zero-order valence-corrected chi connectivity index (χ0v) is 11.7. The monoisotopic (exact) mass is 277 g/mol. The number of nitrogens with zero attached hydrogens (tertiary/aromatic N) is 4. The Hall–Kier alpha value is -1.99. The molecule has 7 heteroatoms. The SMILES string of the molecule is COCCNCc1cn(Cc2cccnc2OC)nn1. The number of hydrogen-bond donors (Lipinski definition) is 1. The van der Waals surface area contributed by atoms with Crippen LogP contribution in [-0.4, -0.2) is 47.3 Å². The molecule has 0 aliphatic heterocycles. The van der Waals surface area contributed by atoms with E-state index in [2.05, 4.69) is 20.6 Å². The Balaban J connectivity index is 1.92. The van der Waals surface area contributed by atoms with Crippen molar-refractivity contribution in [2.75, 3.05) is 27.4 Å². The Bertz CT molecular complexity index is 529. The summed E-state index contributed by atoms with van der Waals surface area (Å²) < 4.78 is 12.0. The molecule has 0 amide bonds. The predicted octanol–water partition coefficient (Wildman–Crippen LogP) is 0.466. The van der Waals surface area contributed by atoms with E-state index in [-0.39, 0.29) is 0 Å². The second-order valence-corrected chi connectivity index (χ2v) is 4.25. The van der Waals surface area contributed by atoms with Crippen LogP contribution in [0.25, 0.3) is 0 Å². The van der Waals surface area contributed by atoms with Gasteiger partial charge in [-0.05, 0) is 6.07 Å². The van der Waals surface area contributed by atoms with E-state index < -0.39 is 0 Å². The van der Waals surface area contributed by atoms with Gasteiger partial charge in [-0.1, -0.05) is 11.3 Å². The molecule has 0 aliphatic rings. The molecular formula is C13H19N5O2. The van der Waals surface area contributed by atoms with Crippen LogP contribution in [0.5, 0.6) is 5.88 Å². The van der Waals surface area contributed by atoms with Gasteiger partial charge >= 0.3 is 0 Å². The molecule has 0 fully saturated rings. The lowest BCUT2D eigenvalue weighted by molar-refractivity contribution is 0.199. The first kappa shape index (κ1) is 14.4. The largest absolute Gasteiger partial charge is 0.481 e. The number of pyridine rings is 1. The van der Waals surface area contributed by atoms with Gasteiger partial charge in [-0.15, -0.1) is 5.10 Å². The van der Waals surface area contributed by atoms with Crippen molar-refractivity contribution in [1.29, 1.82) is 0 Å². The van der Waals surface area contributed by atoms with Crippen molar-refractivity contribution in [3.63, 3.8) is 0 Å². The van der Waals surface area contributed by atoms with E-state index in [0.717, 1.165) is 17.8 Å². The first-order valence-electron chi connectivity index (χ1n) is 6.40. The van der Waals surface area contributed by atoms with Crippen molar-refractivity contribution >= 4 is 0 Å². The molecule has 0 aliphatic carbocycles. The third-order valence-corrected chi connectivity index (χ3v) is 2.75. The van der Waals surface area contributed by atoms with Gasteiger partial charge in [0.1, 0.15) is 0 Å². The third kappa shape index (κ3) is 4.01. The number of ether oxygens (including phenoxy) is 2. The zero-order valence-electron chi connectivity index (χ0n) is 11.7. The molecule has 0 saturated carbocycles. The van der Waals surface area contributed by atoms with E-state index in [9.17, 15) is 0 Å². The highest BCUT2D eigenvalue weighted by Crippen LogP contribution is 2.14. The molecule has 1 N–H and O–H groups in total. The number of hydrogen-bond acceptors (Lipinski definition) is 6. The van der Waals surface area contributed by atoms with Gasteiger partial charge < -0.3 is 14.8 Å². The van der Waals surface area contributed by atoms with Crippen LogP contribution in [0, 0.1) is 0 Å². The average Bonchev–Trinajstić information content (AvgIpc) is 2.92. The van der Waals surface area contributed by atoms with Gasteiger partial charge in [-0.25, -0.2) is 9.67 Å². The summed E-state index contributed by atoms with van der Waals surface area (Å²) in [6.07, 6.45) is 3.61. The molecule has 2 heterocycles. The molecule has 7 nitrogen and oxygen atoms in total. The van der Waals surface area contributed by atoms with Crippen molar-refractivity contribution in [3.05, 3.63) is 35.8 Å². The van der Waals surface area contributed by atoms with Gasteiger partial charge in [0.2, 0.25) is 5.88 Å². The Morgan fingerprint density at radius 2 is 2.25 bits per heavy atom. The van der Waals surface area contributed by atoms with Gasteiger partial charge in [0.25, 0.3) is 0 Å². The molecule has 20 heavy (non-hydrogen) atoms. The minimum atomic E-state index is 0.585. The lowest BCUT2D eigenvalue weighted by Gasteiger charge is -2.05. The van der Waals surface area contributed by atoms with E-state index in [0.29, 0.717) is 25.6 Å². The fraction of sp³-hybridized carbons (Fsp3) is 0.462. The van der Waals surface area contributed by atoms with Crippen LogP contribution in [0.4, 0.5) is 0 Å². The maximum atomic E-state index is 5.22. The second-order valence-electron chi connectivity index (χ2n) is 4.25. The van der Waals surface area contributed by atoms with Gasteiger partial charge in [0.05, 0.1) is 32.2 Å². The average molecular weight is 277 g/mol. The molecule has 2 aromatic rings. The standard InChI is InChI=1S/C13H19N5O2/c1-19-7-6-14-8-12-10-18(17-16-12)9-11-4-3-5-15-13(11)20-2/h3-5,10,14H,6-9H2,1-2H3. The van der Waals surface area contributed by atoms with Gasteiger partial charge in [0, 0.05) is 32.0 Å². The maximum Gasteiger partial charge on any atom is 0.218 e. The van der Waals surface area contributed by atoms with Gasteiger partial charge in [-0.2, -0.15) is 0 Å². The van der Waals surface area contributed by atoms with Crippen molar-refractivity contribution < 1.29 is 9.47 Å². The fourth-order valence-corrected chi connectivity index (χ4v) is 1.79.